The molecule has 0 aliphatic heterocycles. The van der Waals surface area contributed by atoms with Crippen LogP contribution in [0.2, 0.25) is 0 Å². The standard InChI is InChI=1S/C18H10F6O2/c19-17(20,21)11-2-1-9-5-10(6-16(25)26)13-4-3-12(18(22,23)24)8-15(13)14(9)7-11/h1-5,7-8H,6H2,(H,25,26). The molecule has 0 saturated heterocycles. The second-order valence-corrected chi connectivity index (χ2v) is 5.80. The SMILES string of the molecule is O=C(O)Cc1cc2ccc(C(F)(F)F)cc2c2cc(C(F)(F)F)ccc12. The van der Waals surface area contributed by atoms with Crippen LogP contribution in [0.1, 0.15) is 16.7 Å². The minimum Gasteiger partial charge on any atom is -0.481 e. The Balaban J connectivity index is 2.41. The summed E-state index contributed by atoms with van der Waals surface area (Å²) in [6, 6.07) is 6.74. The number of carboxylic acid groups (broad SMARTS) is 1. The quantitative estimate of drug-likeness (QED) is 0.466. The molecule has 0 bridgehead atoms. The molecule has 0 atom stereocenters. The molecule has 1 N–H and O–H groups in total. The zero-order valence-corrected chi connectivity index (χ0v) is 12.9. The van der Waals surface area contributed by atoms with Crippen molar-refractivity contribution in [3.05, 3.63) is 59.2 Å². The van der Waals surface area contributed by atoms with Crippen LogP contribution in [0.15, 0.2) is 42.5 Å². The minimum absolute atomic E-state index is 0.0185. The van der Waals surface area contributed by atoms with Gasteiger partial charge in [0.25, 0.3) is 0 Å². The lowest BCUT2D eigenvalue weighted by atomic mass is 9.93. The monoisotopic (exact) mass is 372 g/mol. The van der Waals surface area contributed by atoms with Crippen molar-refractivity contribution in [1.29, 1.82) is 0 Å². The molecule has 3 aromatic rings. The number of rotatable bonds is 2. The molecule has 3 rings (SSSR count). The molecule has 136 valence electrons. The summed E-state index contributed by atoms with van der Waals surface area (Å²) in [5.74, 6) is -1.20. The molecule has 0 saturated carbocycles. The number of carbonyl (C=O) groups is 1. The lowest BCUT2D eigenvalue weighted by Gasteiger charge is -2.14. The minimum atomic E-state index is -4.68. The smallest absolute Gasteiger partial charge is 0.416 e. The van der Waals surface area contributed by atoms with Gasteiger partial charge in [0.05, 0.1) is 17.5 Å². The van der Waals surface area contributed by atoms with Gasteiger partial charge in [0.1, 0.15) is 0 Å². The summed E-state index contributed by atoms with van der Waals surface area (Å²) < 4.78 is 78.0. The van der Waals surface area contributed by atoms with E-state index in [1.54, 1.807) is 0 Å². The largest absolute Gasteiger partial charge is 0.481 e. The van der Waals surface area contributed by atoms with E-state index in [9.17, 15) is 31.1 Å². The first-order valence-corrected chi connectivity index (χ1v) is 7.32. The Bertz CT molecular complexity index is 1020. The highest BCUT2D eigenvalue weighted by Gasteiger charge is 2.32. The van der Waals surface area contributed by atoms with Gasteiger partial charge in [0.15, 0.2) is 0 Å². The molecule has 0 aliphatic rings. The Hall–Kier alpha value is -2.77. The zero-order chi connectivity index (χ0) is 19.3. The summed E-state index contributed by atoms with van der Waals surface area (Å²) in [4.78, 5) is 11.0. The average Bonchev–Trinajstić information content (AvgIpc) is 2.52. The van der Waals surface area contributed by atoms with E-state index in [1.165, 1.54) is 6.07 Å². The molecule has 0 heterocycles. The first kappa shape index (κ1) is 18.0. The first-order valence-electron chi connectivity index (χ1n) is 7.32. The molecule has 0 radical (unpaired) electrons. The summed E-state index contributed by atoms with van der Waals surface area (Å²) in [7, 11) is 0. The van der Waals surface area contributed by atoms with Gasteiger partial charge in [0.2, 0.25) is 0 Å². The Morgan fingerprint density at radius 2 is 1.31 bits per heavy atom. The second kappa shape index (κ2) is 5.89. The van der Waals surface area contributed by atoms with Gasteiger partial charge in [-0.15, -0.1) is 0 Å². The second-order valence-electron chi connectivity index (χ2n) is 5.80. The van der Waals surface area contributed by atoms with E-state index in [-0.39, 0.29) is 27.1 Å². The molecule has 0 spiro atoms. The molecular formula is C18H10F6O2. The first-order chi connectivity index (χ1) is 12.0. The summed E-state index contributed by atoms with van der Waals surface area (Å²) in [6.07, 6.45) is -9.79. The zero-order valence-electron chi connectivity index (χ0n) is 12.9. The predicted molar refractivity (Wildman–Crippen MR) is 82.8 cm³/mol. The Labute approximate surface area is 142 Å². The maximum Gasteiger partial charge on any atom is 0.416 e. The molecular weight excluding hydrogens is 362 g/mol. The van der Waals surface area contributed by atoms with Crippen molar-refractivity contribution in [2.75, 3.05) is 0 Å². The van der Waals surface area contributed by atoms with Gasteiger partial charge < -0.3 is 5.11 Å². The Morgan fingerprint density at radius 3 is 1.85 bits per heavy atom. The molecule has 8 heteroatoms. The number of hydrogen-bond donors (Lipinski definition) is 1. The van der Waals surface area contributed by atoms with E-state index in [0.29, 0.717) is 0 Å². The van der Waals surface area contributed by atoms with Crippen LogP contribution >= 0.6 is 0 Å². The third-order valence-electron chi connectivity index (χ3n) is 4.04. The number of carboxylic acids is 1. The fourth-order valence-electron chi connectivity index (χ4n) is 2.89. The van der Waals surface area contributed by atoms with Crippen molar-refractivity contribution in [2.45, 2.75) is 18.8 Å². The van der Waals surface area contributed by atoms with Gasteiger partial charge in [-0.3, -0.25) is 4.79 Å². The summed E-state index contributed by atoms with van der Waals surface area (Å²) in [6.45, 7) is 0. The van der Waals surface area contributed by atoms with Crippen LogP contribution in [-0.2, 0) is 23.6 Å². The number of benzene rings is 3. The van der Waals surface area contributed by atoms with E-state index in [0.717, 1.165) is 36.4 Å². The number of hydrogen-bond acceptors (Lipinski definition) is 1. The van der Waals surface area contributed by atoms with Crippen molar-refractivity contribution in [3.63, 3.8) is 0 Å². The van der Waals surface area contributed by atoms with Crippen LogP contribution in [0.5, 0.6) is 0 Å². The Kier molecular flexibility index (Phi) is 4.09. The molecule has 0 amide bonds. The number of halogens is 6. The predicted octanol–water partition coefficient (Wildman–Crippen LogP) is 5.66. The van der Waals surface area contributed by atoms with Crippen molar-refractivity contribution in [1.82, 2.24) is 0 Å². The van der Waals surface area contributed by atoms with Crippen LogP contribution in [0, 0.1) is 0 Å². The fraction of sp³-hybridized carbons (Fsp3) is 0.167. The lowest BCUT2D eigenvalue weighted by Crippen LogP contribution is -2.07. The number of aliphatic carboxylic acids is 1. The van der Waals surface area contributed by atoms with E-state index < -0.39 is 35.9 Å². The highest BCUT2D eigenvalue weighted by Crippen LogP contribution is 2.38. The number of alkyl halides is 6. The third-order valence-corrected chi connectivity index (χ3v) is 4.04. The maximum absolute atomic E-state index is 13.0. The molecule has 0 fully saturated rings. The van der Waals surface area contributed by atoms with Gasteiger partial charge in [-0.1, -0.05) is 12.1 Å². The number of fused-ring (bicyclic) bond motifs is 3. The highest BCUT2D eigenvalue weighted by molar-refractivity contribution is 6.10. The average molecular weight is 372 g/mol. The van der Waals surface area contributed by atoms with Crippen molar-refractivity contribution < 1.29 is 36.2 Å². The van der Waals surface area contributed by atoms with Crippen molar-refractivity contribution in [3.8, 4) is 0 Å². The van der Waals surface area contributed by atoms with Crippen LogP contribution < -0.4 is 0 Å². The fourth-order valence-corrected chi connectivity index (χ4v) is 2.89. The van der Waals surface area contributed by atoms with Crippen LogP contribution in [0.4, 0.5) is 26.3 Å². The maximum atomic E-state index is 13.0. The van der Waals surface area contributed by atoms with E-state index >= 15 is 0 Å². The topological polar surface area (TPSA) is 37.3 Å². The third kappa shape index (κ3) is 3.31. The molecule has 0 aromatic heterocycles. The van der Waals surface area contributed by atoms with E-state index in [1.807, 2.05) is 0 Å². The molecule has 0 aliphatic carbocycles. The highest BCUT2D eigenvalue weighted by atomic mass is 19.4. The summed E-state index contributed by atoms with van der Waals surface area (Å²) >= 11 is 0. The van der Waals surface area contributed by atoms with E-state index in [4.69, 9.17) is 5.11 Å². The molecule has 2 nitrogen and oxygen atoms in total. The van der Waals surface area contributed by atoms with Gasteiger partial charge >= 0.3 is 18.3 Å². The van der Waals surface area contributed by atoms with Crippen molar-refractivity contribution >= 4 is 27.5 Å². The molecule has 0 unspecified atom stereocenters. The van der Waals surface area contributed by atoms with Gasteiger partial charge in [-0.25, -0.2) is 0 Å². The normalized spacial score (nSPS) is 12.7. The summed E-state index contributed by atoms with van der Waals surface area (Å²) in [5.41, 5.74) is -1.78. The molecule has 26 heavy (non-hydrogen) atoms. The van der Waals surface area contributed by atoms with Crippen molar-refractivity contribution in [2.24, 2.45) is 0 Å². The van der Waals surface area contributed by atoms with Crippen LogP contribution in [-0.4, -0.2) is 11.1 Å². The Morgan fingerprint density at radius 1 is 0.769 bits per heavy atom. The van der Waals surface area contributed by atoms with E-state index in [2.05, 4.69) is 0 Å². The molecule has 3 aromatic carbocycles. The van der Waals surface area contributed by atoms with Gasteiger partial charge in [0, 0.05) is 0 Å². The summed E-state index contributed by atoms with van der Waals surface area (Å²) in [5, 5.41) is 9.33. The van der Waals surface area contributed by atoms with Crippen LogP contribution in [0.3, 0.4) is 0 Å². The van der Waals surface area contributed by atoms with Gasteiger partial charge in [-0.05, 0) is 57.4 Å². The van der Waals surface area contributed by atoms with Gasteiger partial charge in [-0.2, -0.15) is 26.3 Å². The van der Waals surface area contributed by atoms with Crippen LogP contribution in [0.25, 0.3) is 21.5 Å². The lowest BCUT2D eigenvalue weighted by molar-refractivity contribution is -0.138.